The van der Waals surface area contributed by atoms with Gasteiger partial charge in [-0.25, -0.2) is 0 Å². The van der Waals surface area contributed by atoms with Gasteiger partial charge in [-0.15, -0.1) is 11.3 Å². The maximum atomic E-state index is 12.1. The van der Waals surface area contributed by atoms with Gasteiger partial charge in [-0.3, -0.25) is 4.79 Å². The van der Waals surface area contributed by atoms with E-state index in [0.29, 0.717) is 17.3 Å². The highest BCUT2D eigenvalue weighted by Crippen LogP contribution is 2.23. The molecule has 2 heterocycles. The minimum Gasteiger partial charge on any atom is -0.361 e. The van der Waals surface area contributed by atoms with E-state index in [1.807, 2.05) is 36.5 Å². The summed E-state index contributed by atoms with van der Waals surface area (Å²) < 4.78 is 0.623. The Balaban J connectivity index is 1.62. The summed E-state index contributed by atoms with van der Waals surface area (Å²) >= 11 is 7.18. The first-order valence-corrected chi connectivity index (χ1v) is 8.57. The molecule has 0 saturated carbocycles. The number of para-hydroxylation sites is 1. The van der Waals surface area contributed by atoms with Crippen molar-refractivity contribution >= 4 is 45.8 Å². The molecule has 3 aromatic rings. The Morgan fingerprint density at radius 2 is 2.17 bits per heavy atom. The number of nitrogens with zero attached hydrogens (tertiary/aromatic N) is 1. The van der Waals surface area contributed by atoms with Gasteiger partial charge in [-0.05, 0) is 36.3 Å². The Labute approximate surface area is 148 Å². The van der Waals surface area contributed by atoms with Crippen LogP contribution in [0.1, 0.15) is 10.4 Å². The van der Waals surface area contributed by atoms with E-state index < -0.39 is 0 Å². The molecule has 1 aromatic carbocycles. The van der Waals surface area contributed by atoms with Gasteiger partial charge in [0.1, 0.15) is 11.6 Å². The molecule has 0 radical (unpaired) electrons. The maximum Gasteiger partial charge on any atom is 0.261 e. The largest absolute Gasteiger partial charge is 0.361 e. The lowest BCUT2D eigenvalue weighted by Crippen LogP contribution is -2.26. The molecule has 0 aliphatic rings. The van der Waals surface area contributed by atoms with Crippen molar-refractivity contribution in [3.8, 4) is 6.07 Å². The lowest BCUT2D eigenvalue weighted by molar-refractivity contribution is -0.117. The van der Waals surface area contributed by atoms with Crippen molar-refractivity contribution in [1.82, 2.24) is 10.3 Å². The van der Waals surface area contributed by atoms with Crippen LogP contribution in [-0.4, -0.2) is 17.4 Å². The zero-order chi connectivity index (χ0) is 16.9. The molecule has 0 aliphatic carbocycles. The zero-order valence-electron chi connectivity index (χ0n) is 12.7. The average Bonchev–Trinajstić information content (AvgIpc) is 3.19. The van der Waals surface area contributed by atoms with Crippen molar-refractivity contribution in [3.63, 3.8) is 0 Å². The second-order valence-electron chi connectivity index (χ2n) is 5.18. The average molecular weight is 356 g/mol. The van der Waals surface area contributed by atoms with Crippen molar-refractivity contribution < 1.29 is 4.79 Å². The number of aromatic nitrogens is 1. The number of fused-ring (bicyclic) bond motifs is 1. The number of aromatic amines is 1. The molecule has 24 heavy (non-hydrogen) atoms. The quantitative estimate of drug-likeness (QED) is 0.533. The molecule has 0 unspecified atom stereocenters. The van der Waals surface area contributed by atoms with Gasteiger partial charge in [0.05, 0.1) is 4.34 Å². The van der Waals surface area contributed by atoms with Crippen LogP contribution >= 0.6 is 22.9 Å². The molecule has 0 atom stereocenters. The Kier molecular flexibility index (Phi) is 4.99. The third-order valence-corrected chi connectivity index (χ3v) is 4.78. The van der Waals surface area contributed by atoms with Crippen LogP contribution in [0, 0.1) is 11.3 Å². The van der Waals surface area contributed by atoms with Gasteiger partial charge in [0.2, 0.25) is 0 Å². The molecule has 6 heteroatoms. The van der Waals surface area contributed by atoms with Crippen LogP contribution in [-0.2, 0) is 11.2 Å². The number of thiophene rings is 1. The van der Waals surface area contributed by atoms with E-state index in [1.165, 1.54) is 11.3 Å². The summed E-state index contributed by atoms with van der Waals surface area (Å²) in [5.74, 6) is -0.373. The van der Waals surface area contributed by atoms with E-state index in [2.05, 4.69) is 10.3 Å². The smallest absolute Gasteiger partial charge is 0.261 e. The van der Waals surface area contributed by atoms with Crippen LogP contribution in [0.25, 0.3) is 17.0 Å². The number of hydrogen-bond acceptors (Lipinski definition) is 3. The first kappa shape index (κ1) is 16.3. The number of carbonyl (C=O) groups is 1. The normalized spacial score (nSPS) is 11.4. The predicted molar refractivity (Wildman–Crippen MR) is 97.9 cm³/mol. The fourth-order valence-corrected chi connectivity index (χ4v) is 3.45. The Bertz CT molecular complexity index is 948. The van der Waals surface area contributed by atoms with Crippen molar-refractivity contribution in [3.05, 3.63) is 62.9 Å². The second-order valence-corrected chi connectivity index (χ2v) is 6.92. The van der Waals surface area contributed by atoms with Crippen molar-refractivity contribution in [1.29, 1.82) is 5.26 Å². The van der Waals surface area contributed by atoms with Crippen LogP contribution < -0.4 is 5.32 Å². The minimum absolute atomic E-state index is 0.0763. The maximum absolute atomic E-state index is 12.1. The summed E-state index contributed by atoms with van der Waals surface area (Å²) in [6.45, 7) is 0.463. The molecule has 0 spiro atoms. The lowest BCUT2D eigenvalue weighted by atomic mass is 10.1. The number of benzene rings is 1. The zero-order valence-corrected chi connectivity index (χ0v) is 14.2. The van der Waals surface area contributed by atoms with Crippen LogP contribution in [0.15, 0.2) is 48.2 Å². The summed E-state index contributed by atoms with van der Waals surface area (Å²) in [6, 6.07) is 13.5. The topological polar surface area (TPSA) is 68.7 Å². The van der Waals surface area contributed by atoms with Crippen molar-refractivity contribution in [2.24, 2.45) is 0 Å². The van der Waals surface area contributed by atoms with Gasteiger partial charge in [0, 0.05) is 28.5 Å². The van der Waals surface area contributed by atoms with Gasteiger partial charge in [-0.2, -0.15) is 5.26 Å². The second kappa shape index (κ2) is 7.35. The SMILES string of the molecule is N#C/C(=C/c1ccc(Cl)s1)C(=O)NCCc1c[nH]c2ccccc12. The monoisotopic (exact) mass is 355 g/mol. The molecular formula is C18H14ClN3OS. The van der Waals surface area contributed by atoms with E-state index in [4.69, 9.17) is 11.6 Å². The predicted octanol–water partition coefficient (Wildman–Crippen LogP) is 4.15. The first-order valence-electron chi connectivity index (χ1n) is 7.37. The highest BCUT2D eigenvalue weighted by Gasteiger charge is 2.10. The number of hydrogen-bond donors (Lipinski definition) is 2. The lowest BCUT2D eigenvalue weighted by Gasteiger charge is -2.03. The Morgan fingerprint density at radius 3 is 2.92 bits per heavy atom. The summed E-state index contributed by atoms with van der Waals surface area (Å²) in [5, 5.41) is 13.1. The summed E-state index contributed by atoms with van der Waals surface area (Å²) in [6.07, 6.45) is 4.20. The van der Waals surface area contributed by atoms with E-state index >= 15 is 0 Å². The van der Waals surface area contributed by atoms with Gasteiger partial charge in [-0.1, -0.05) is 29.8 Å². The summed E-state index contributed by atoms with van der Waals surface area (Å²) in [7, 11) is 0. The molecule has 0 fully saturated rings. The number of nitrogens with one attached hydrogen (secondary N) is 2. The summed E-state index contributed by atoms with van der Waals surface area (Å²) in [4.78, 5) is 16.1. The highest BCUT2D eigenvalue weighted by molar-refractivity contribution is 7.17. The first-order chi connectivity index (χ1) is 11.7. The van der Waals surface area contributed by atoms with Gasteiger partial charge >= 0.3 is 0 Å². The minimum atomic E-state index is -0.373. The molecule has 2 aromatic heterocycles. The van der Waals surface area contributed by atoms with Gasteiger partial charge in [0.15, 0.2) is 0 Å². The van der Waals surface area contributed by atoms with Crippen LogP contribution in [0.5, 0.6) is 0 Å². The molecule has 0 aliphatic heterocycles. The Morgan fingerprint density at radius 1 is 1.33 bits per heavy atom. The third kappa shape index (κ3) is 3.67. The molecule has 2 N–H and O–H groups in total. The molecule has 4 nitrogen and oxygen atoms in total. The molecule has 0 bridgehead atoms. The van der Waals surface area contributed by atoms with E-state index in [0.717, 1.165) is 21.3 Å². The summed E-state index contributed by atoms with van der Waals surface area (Å²) in [5.41, 5.74) is 2.29. The molecular weight excluding hydrogens is 342 g/mol. The van der Waals surface area contributed by atoms with Crippen molar-refractivity contribution in [2.75, 3.05) is 6.54 Å². The van der Waals surface area contributed by atoms with Crippen molar-refractivity contribution in [2.45, 2.75) is 6.42 Å². The number of nitriles is 1. The van der Waals surface area contributed by atoms with Crippen LogP contribution in [0.3, 0.4) is 0 Å². The highest BCUT2D eigenvalue weighted by atomic mass is 35.5. The number of rotatable bonds is 5. The van der Waals surface area contributed by atoms with E-state index in [1.54, 1.807) is 18.2 Å². The third-order valence-electron chi connectivity index (χ3n) is 3.60. The van der Waals surface area contributed by atoms with Gasteiger partial charge in [0.25, 0.3) is 5.91 Å². The number of carbonyl (C=O) groups excluding carboxylic acids is 1. The molecule has 120 valence electrons. The number of H-pyrrole nitrogens is 1. The Hall–Kier alpha value is -2.55. The standard InChI is InChI=1S/C18H14ClN3OS/c19-17-6-5-14(24-17)9-13(10-20)18(23)21-8-7-12-11-22-16-4-2-1-3-15(12)16/h1-6,9,11,22H,7-8H2,(H,21,23)/b13-9-. The fourth-order valence-electron chi connectivity index (χ4n) is 2.44. The van der Waals surface area contributed by atoms with E-state index in [-0.39, 0.29) is 11.5 Å². The number of amides is 1. The van der Waals surface area contributed by atoms with Crippen LogP contribution in [0.2, 0.25) is 4.34 Å². The van der Waals surface area contributed by atoms with Crippen LogP contribution in [0.4, 0.5) is 0 Å². The van der Waals surface area contributed by atoms with Gasteiger partial charge < -0.3 is 10.3 Å². The fraction of sp³-hybridized carbons (Fsp3) is 0.111. The molecule has 3 rings (SSSR count). The molecule has 1 amide bonds. The number of halogens is 1. The van der Waals surface area contributed by atoms with E-state index in [9.17, 15) is 10.1 Å². The molecule has 0 saturated heterocycles.